The Labute approximate surface area is 140 Å². The van der Waals surface area contributed by atoms with E-state index < -0.39 is 0 Å². The number of hydrogen-bond donors (Lipinski definition) is 1. The number of likely N-dealkylation sites (tertiary alicyclic amines) is 1. The molecule has 0 saturated carbocycles. The van der Waals surface area contributed by atoms with Crippen LogP contribution in [0.2, 0.25) is 0 Å². The summed E-state index contributed by atoms with van der Waals surface area (Å²) in [5.74, 6) is 1.00. The molecule has 4 nitrogen and oxygen atoms in total. The minimum atomic E-state index is 0.150. The first-order valence-corrected chi connectivity index (χ1v) is 8.90. The van der Waals surface area contributed by atoms with Gasteiger partial charge in [-0.15, -0.1) is 0 Å². The van der Waals surface area contributed by atoms with E-state index in [1.165, 1.54) is 44.3 Å². The van der Waals surface area contributed by atoms with E-state index in [1.54, 1.807) is 7.11 Å². The van der Waals surface area contributed by atoms with Gasteiger partial charge in [0.15, 0.2) is 0 Å². The highest BCUT2D eigenvalue weighted by molar-refractivity contribution is 5.76. The Bertz CT molecular complexity index is 451. The molecule has 1 fully saturated rings. The first kappa shape index (κ1) is 17.8. The third-order valence-corrected chi connectivity index (χ3v) is 4.47. The minimum absolute atomic E-state index is 0.150. The molecule has 0 unspecified atom stereocenters. The number of hydrogen-bond acceptors (Lipinski definition) is 3. The number of methoxy groups -OCH3 is 1. The zero-order valence-corrected chi connectivity index (χ0v) is 14.4. The Kier molecular flexibility index (Phi) is 7.95. The lowest BCUT2D eigenvalue weighted by molar-refractivity contribution is -0.121. The van der Waals surface area contributed by atoms with Gasteiger partial charge in [-0.3, -0.25) is 4.79 Å². The number of ether oxygens (including phenoxy) is 1. The molecule has 4 heteroatoms. The quantitative estimate of drug-likeness (QED) is 0.749. The average Bonchev–Trinajstić information content (AvgIpc) is 2.86. The van der Waals surface area contributed by atoms with Crippen LogP contribution in [0.25, 0.3) is 0 Å². The highest BCUT2D eigenvalue weighted by atomic mass is 16.5. The fourth-order valence-electron chi connectivity index (χ4n) is 3.03. The molecule has 0 spiro atoms. The van der Waals surface area contributed by atoms with Gasteiger partial charge in [-0.1, -0.05) is 25.0 Å². The third-order valence-electron chi connectivity index (χ3n) is 4.47. The highest BCUT2D eigenvalue weighted by Gasteiger charge is 2.08. The SMILES string of the molecule is COc1ccc(CCC(=O)NCCCN2CCCCCC2)cc1. The van der Waals surface area contributed by atoms with Crippen LogP contribution in [0.15, 0.2) is 24.3 Å². The zero-order valence-electron chi connectivity index (χ0n) is 14.4. The number of nitrogens with zero attached hydrogens (tertiary/aromatic N) is 1. The summed E-state index contributed by atoms with van der Waals surface area (Å²) in [6.07, 6.45) is 7.78. The van der Waals surface area contributed by atoms with E-state index in [0.29, 0.717) is 6.42 Å². The van der Waals surface area contributed by atoms with E-state index >= 15 is 0 Å². The molecule has 0 aliphatic carbocycles. The monoisotopic (exact) mass is 318 g/mol. The van der Waals surface area contributed by atoms with Gasteiger partial charge in [0.1, 0.15) is 5.75 Å². The van der Waals surface area contributed by atoms with Crippen LogP contribution in [0.4, 0.5) is 0 Å². The number of nitrogens with one attached hydrogen (secondary N) is 1. The summed E-state index contributed by atoms with van der Waals surface area (Å²) in [5, 5.41) is 3.04. The average molecular weight is 318 g/mol. The summed E-state index contributed by atoms with van der Waals surface area (Å²) < 4.78 is 5.13. The molecule has 1 N–H and O–H groups in total. The number of amides is 1. The molecule has 1 aromatic carbocycles. The number of benzene rings is 1. The largest absolute Gasteiger partial charge is 0.497 e. The van der Waals surface area contributed by atoms with Crippen LogP contribution >= 0.6 is 0 Å². The zero-order chi connectivity index (χ0) is 16.3. The van der Waals surface area contributed by atoms with Crippen molar-refractivity contribution in [3.63, 3.8) is 0 Å². The van der Waals surface area contributed by atoms with Crippen molar-refractivity contribution in [2.45, 2.75) is 44.9 Å². The molecule has 1 aromatic rings. The lowest BCUT2D eigenvalue weighted by atomic mass is 10.1. The van der Waals surface area contributed by atoms with Crippen molar-refractivity contribution in [2.75, 3.05) is 33.3 Å². The molecule has 128 valence electrons. The lowest BCUT2D eigenvalue weighted by Crippen LogP contribution is -2.30. The van der Waals surface area contributed by atoms with Gasteiger partial charge in [-0.25, -0.2) is 0 Å². The van der Waals surface area contributed by atoms with E-state index in [0.717, 1.165) is 31.7 Å². The molecule has 0 atom stereocenters. The van der Waals surface area contributed by atoms with Gasteiger partial charge in [0.2, 0.25) is 5.91 Å². The second-order valence-corrected chi connectivity index (χ2v) is 6.31. The fourth-order valence-corrected chi connectivity index (χ4v) is 3.03. The van der Waals surface area contributed by atoms with Gasteiger partial charge in [0.05, 0.1) is 7.11 Å². The van der Waals surface area contributed by atoms with Crippen molar-refractivity contribution in [3.8, 4) is 5.75 Å². The van der Waals surface area contributed by atoms with Gasteiger partial charge >= 0.3 is 0 Å². The summed E-state index contributed by atoms with van der Waals surface area (Å²) in [6, 6.07) is 7.92. The maximum absolute atomic E-state index is 11.9. The maximum Gasteiger partial charge on any atom is 0.220 e. The second kappa shape index (κ2) is 10.3. The number of rotatable bonds is 8. The minimum Gasteiger partial charge on any atom is -0.497 e. The fraction of sp³-hybridized carbons (Fsp3) is 0.632. The van der Waals surface area contributed by atoms with Crippen LogP contribution < -0.4 is 10.1 Å². The first-order valence-electron chi connectivity index (χ1n) is 8.90. The Morgan fingerprint density at radius 1 is 1.13 bits per heavy atom. The van der Waals surface area contributed by atoms with Crippen molar-refractivity contribution < 1.29 is 9.53 Å². The lowest BCUT2D eigenvalue weighted by Gasteiger charge is -2.19. The predicted molar refractivity (Wildman–Crippen MR) is 93.8 cm³/mol. The van der Waals surface area contributed by atoms with Crippen LogP contribution in [-0.4, -0.2) is 44.1 Å². The first-order chi connectivity index (χ1) is 11.3. The van der Waals surface area contributed by atoms with Crippen molar-refractivity contribution >= 4 is 5.91 Å². The van der Waals surface area contributed by atoms with E-state index in [2.05, 4.69) is 10.2 Å². The normalized spacial score (nSPS) is 15.9. The van der Waals surface area contributed by atoms with Gasteiger partial charge in [-0.2, -0.15) is 0 Å². The molecule has 0 aromatic heterocycles. The van der Waals surface area contributed by atoms with Gasteiger partial charge in [-0.05, 0) is 63.0 Å². The predicted octanol–water partition coefficient (Wildman–Crippen LogP) is 3.01. The summed E-state index contributed by atoms with van der Waals surface area (Å²) >= 11 is 0. The molecule has 1 aliphatic rings. The van der Waals surface area contributed by atoms with Crippen LogP contribution in [-0.2, 0) is 11.2 Å². The molecule has 23 heavy (non-hydrogen) atoms. The molecular weight excluding hydrogens is 288 g/mol. The number of aryl methyl sites for hydroxylation is 1. The summed E-state index contributed by atoms with van der Waals surface area (Å²) in [4.78, 5) is 14.4. The Morgan fingerprint density at radius 3 is 2.48 bits per heavy atom. The Hall–Kier alpha value is -1.55. The van der Waals surface area contributed by atoms with E-state index in [1.807, 2.05) is 24.3 Å². The molecule has 1 heterocycles. The smallest absolute Gasteiger partial charge is 0.220 e. The van der Waals surface area contributed by atoms with Crippen molar-refractivity contribution in [2.24, 2.45) is 0 Å². The Balaban J connectivity index is 1.55. The van der Waals surface area contributed by atoms with Crippen LogP contribution in [0.5, 0.6) is 5.75 Å². The number of carbonyl (C=O) groups is 1. The number of carbonyl (C=O) groups excluding carboxylic acids is 1. The molecule has 1 saturated heterocycles. The second-order valence-electron chi connectivity index (χ2n) is 6.31. The Morgan fingerprint density at radius 2 is 1.83 bits per heavy atom. The molecule has 0 bridgehead atoms. The summed E-state index contributed by atoms with van der Waals surface area (Å²) in [5.41, 5.74) is 1.17. The van der Waals surface area contributed by atoms with Crippen LogP contribution in [0.3, 0.4) is 0 Å². The van der Waals surface area contributed by atoms with E-state index in [9.17, 15) is 4.79 Å². The third kappa shape index (κ3) is 7.04. The van der Waals surface area contributed by atoms with E-state index in [4.69, 9.17) is 4.74 Å². The van der Waals surface area contributed by atoms with Crippen molar-refractivity contribution in [1.29, 1.82) is 0 Å². The molecule has 2 rings (SSSR count). The van der Waals surface area contributed by atoms with Crippen LogP contribution in [0, 0.1) is 0 Å². The summed E-state index contributed by atoms with van der Waals surface area (Å²) in [6.45, 7) is 4.35. The summed E-state index contributed by atoms with van der Waals surface area (Å²) in [7, 11) is 1.66. The topological polar surface area (TPSA) is 41.6 Å². The van der Waals surface area contributed by atoms with Gasteiger partial charge in [0, 0.05) is 13.0 Å². The van der Waals surface area contributed by atoms with Crippen molar-refractivity contribution in [1.82, 2.24) is 10.2 Å². The molecule has 1 aliphatic heterocycles. The highest BCUT2D eigenvalue weighted by Crippen LogP contribution is 2.12. The standard InChI is InChI=1S/C19H30N2O2/c1-23-18-10-7-17(8-11-18)9-12-19(22)20-13-6-16-21-14-4-2-3-5-15-21/h7-8,10-11H,2-6,9,12-16H2,1H3,(H,20,22). The van der Waals surface area contributed by atoms with Gasteiger partial charge < -0.3 is 15.0 Å². The maximum atomic E-state index is 11.9. The molecular formula is C19H30N2O2. The molecule has 0 radical (unpaired) electrons. The van der Waals surface area contributed by atoms with Crippen LogP contribution in [0.1, 0.15) is 44.1 Å². The van der Waals surface area contributed by atoms with Crippen molar-refractivity contribution in [3.05, 3.63) is 29.8 Å². The van der Waals surface area contributed by atoms with E-state index in [-0.39, 0.29) is 5.91 Å². The van der Waals surface area contributed by atoms with Gasteiger partial charge in [0.25, 0.3) is 0 Å². The molecule has 1 amide bonds.